The fourth-order valence-corrected chi connectivity index (χ4v) is 2.37. The number of hydrogen-bond donors (Lipinski definition) is 1. The van der Waals surface area contributed by atoms with Gasteiger partial charge < -0.3 is 10.1 Å². The van der Waals surface area contributed by atoms with Gasteiger partial charge >= 0.3 is 0 Å². The van der Waals surface area contributed by atoms with E-state index in [2.05, 4.69) is 15.5 Å². The minimum atomic E-state index is -0.0813. The van der Waals surface area contributed by atoms with Gasteiger partial charge in [-0.2, -0.15) is 5.10 Å². The summed E-state index contributed by atoms with van der Waals surface area (Å²) in [7, 11) is 0. The van der Waals surface area contributed by atoms with Crippen molar-refractivity contribution in [3.63, 3.8) is 0 Å². The van der Waals surface area contributed by atoms with E-state index in [4.69, 9.17) is 4.74 Å². The molecule has 5 heteroatoms. The second kappa shape index (κ2) is 6.10. The van der Waals surface area contributed by atoms with Gasteiger partial charge in [0.05, 0.1) is 17.7 Å². The van der Waals surface area contributed by atoms with Crippen LogP contribution in [0.5, 0.6) is 0 Å². The Morgan fingerprint density at radius 3 is 2.95 bits per heavy atom. The Morgan fingerprint density at radius 1 is 1.47 bits per heavy atom. The number of nitrogens with zero attached hydrogens (tertiary/aromatic N) is 2. The number of ether oxygens (including phenoxy) is 1. The minimum absolute atomic E-state index is 0.0101. The number of nitrogens with one attached hydrogen (secondary N) is 1. The zero-order valence-electron chi connectivity index (χ0n) is 11.8. The molecule has 1 aromatic rings. The Morgan fingerprint density at radius 2 is 2.26 bits per heavy atom. The number of rotatable bonds is 3. The number of hydrogen-bond acceptors (Lipinski definition) is 4. The fraction of sp³-hybridized carbons (Fsp3) is 0.643. The Hall–Kier alpha value is -1.49. The third kappa shape index (κ3) is 3.29. The topological polar surface area (TPSA) is 64.1 Å². The van der Waals surface area contributed by atoms with Gasteiger partial charge in [0.25, 0.3) is 0 Å². The zero-order chi connectivity index (χ0) is 13.8. The van der Waals surface area contributed by atoms with Crippen molar-refractivity contribution in [2.45, 2.75) is 46.1 Å². The van der Waals surface area contributed by atoms with Crippen molar-refractivity contribution in [3.05, 3.63) is 17.3 Å². The summed E-state index contributed by atoms with van der Waals surface area (Å²) in [4.78, 5) is 12.3. The van der Waals surface area contributed by atoms with E-state index in [1.165, 1.54) is 0 Å². The second-order valence-electron chi connectivity index (χ2n) is 5.05. The minimum Gasteiger partial charge on any atom is -0.377 e. The van der Waals surface area contributed by atoms with Gasteiger partial charge in [-0.3, -0.25) is 4.79 Å². The van der Waals surface area contributed by atoms with E-state index >= 15 is 0 Å². The maximum atomic E-state index is 12.3. The maximum absolute atomic E-state index is 12.3. The summed E-state index contributed by atoms with van der Waals surface area (Å²) in [6, 6.07) is 1.85. The Kier molecular flexibility index (Phi) is 4.47. The maximum Gasteiger partial charge on any atom is 0.231 e. The summed E-state index contributed by atoms with van der Waals surface area (Å²) in [6.07, 6.45) is 2.69. The van der Waals surface area contributed by atoms with E-state index in [-0.39, 0.29) is 17.9 Å². The molecule has 2 heterocycles. The summed E-state index contributed by atoms with van der Waals surface area (Å²) in [5, 5.41) is 10.9. The molecule has 2 atom stereocenters. The van der Waals surface area contributed by atoms with Crippen LogP contribution >= 0.6 is 0 Å². The van der Waals surface area contributed by atoms with Crippen LogP contribution in [0.25, 0.3) is 0 Å². The van der Waals surface area contributed by atoms with E-state index in [0.29, 0.717) is 5.82 Å². The first-order valence-corrected chi connectivity index (χ1v) is 6.85. The number of amides is 1. The van der Waals surface area contributed by atoms with Crippen LogP contribution in [0, 0.1) is 19.8 Å². The van der Waals surface area contributed by atoms with Crippen molar-refractivity contribution >= 4 is 11.7 Å². The van der Waals surface area contributed by atoms with E-state index in [1.54, 1.807) is 0 Å². The normalized spacial score (nSPS) is 23.1. The van der Waals surface area contributed by atoms with Crippen molar-refractivity contribution in [3.8, 4) is 0 Å². The van der Waals surface area contributed by atoms with Gasteiger partial charge in [-0.25, -0.2) is 0 Å². The van der Waals surface area contributed by atoms with Crippen molar-refractivity contribution in [1.29, 1.82) is 0 Å². The van der Waals surface area contributed by atoms with Gasteiger partial charge in [0.1, 0.15) is 0 Å². The van der Waals surface area contributed by atoms with Crippen LogP contribution in [0.1, 0.15) is 37.4 Å². The quantitative estimate of drug-likeness (QED) is 0.908. The lowest BCUT2D eigenvalue weighted by molar-refractivity contribution is -0.129. The van der Waals surface area contributed by atoms with Gasteiger partial charge in [-0.15, -0.1) is 5.10 Å². The number of anilines is 1. The summed E-state index contributed by atoms with van der Waals surface area (Å²) in [6.45, 7) is 6.66. The third-order valence-electron chi connectivity index (χ3n) is 3.66. The third-order valence-corrected chi connectivity index (χ3v) is 3.66. The predicted octanol–water partition coefficient (Wildman–Crippen LogP) is 2.24. The van der Waals surface area contributed by atoms with Crippen LogP contribution in [0.4, 0.5) is 5.82 Å². The molecule has 0 radical (unpaired) electrons. The van der Waals surface area contributed by atoms with Crippen LogP contribution in [0.3, 0.4) is 0 Å². The first kappa shape index (κ1) is 13.9. The molecule has 0 aliphatic carbocycles. The molecular formula is C14H21N3O2. The highest BCUT2D eigenvalue weighted by atomic mass is 16.5. The molecule has 0 saturated carbocycles. The molecule has 1 amide bonds. The molecule has 0 bridgehead atoms. The molecule has 19 heavy (non-hydrogen) atoms. The number of carbonyl (C=O) groups excluding carboxylic acids is 1. The van der Waals surface area contributed by atoms with Gasteiger partial charge in [-0.1, -0.05) is 6.92 Å². The van der Waals surface area contributed by atoms with Gasteiger partial charge in [0.15, 0.2) is 5.82 Å². The van der Waals surface area contributed by atoms with Crippen molar-refractivity contribution in [2.24, 2.45) is 5.92 Å². The highest BCUT2D eigenvalue weighted by Crippen LogP contribution is 2.24. The molecule has 1 saturated heterocycles. The summed E-state index contributed by atoms with van der Waals surface area (Å²) in [5.41, 5.74) is 1.91. The van der Waals surface area contributed by atoms with E-state index in [1.807, 2.05) is 26.8 Å². The monoisotopic (exact) mass is 263 g/mol. The van der Waals surface area contributed by atoms with Crippen molar-refractivity contribution in [2.75, 3.05) is 11.9 Å². The van der Waals surface area contributed by atoms with Gasteiger partial charge in [0.2, 0.25) is 5.91 Å². The average Bonchev–Trinajstić information content (AvgIpc) is 2.43. The molecule has 2 rings (SSSR count). The molecule has 1 aliphatic heterocycles. The largest absolute Gasteiger partial charge is 0.377 e. The number of aromatic nitrogens is 2. The summed E-state index contributed by atoms with van der Waals surface area (Å²) < 4.78 is 5.64. The van der Waals surface area contributed by atoms with Crippen LogP contribution in [0.15, 0.2) is 6.07 Å². The van der Waals surface area contributed by atoms with E-state index in [9.17, 15) is 4.79 Å². The van der Waals surface area contributed by atoms with Crippen LogP contribution in [-0.2, 0) is 9.53 Å². The average molecular weight is 263 g/mol. The smallest absolute Gasteiger partial charge is 0.231 e. The molecule has 1 N–H and O–H groups in total. The van der Waals surface area contributed by atoms with E-state index in [0.717, 1.165) is 37.1 Å². The second-order valence-corrected chi connectivity index (χ2v) is 5.05. The van der Waals surface area contributed by atoms with Crippen LogP contribution < -0.4 is 5.32 Å². The molecule has 2 unspecified atom stereocenters. The molecule has 1 aromatic heterocycles. The molecular weight excluding hydrogens is 242 g/mol. The van der Waals surface area contributed by atoms with E-state index < -0.39 is 0 Å². The number of aryl methyl sites for hydroxylation is 2. The Balaban J connectivity index is 2.05. The first-order valence-electron chi connectivity index (χ1n) is 6.85. The zero-order valence-corrected chi connectivity index (χ0v) is 11.8. The molecule has 1 aliphatic rings. The lowest BCUT2D eigenvalue weighted by Gasteiger charge is -2.29. The lowest BCUT2D eigenvalue weighted by atomic mass is 9.92. The van der Waals surface area contributed by atoms with Crippen molar-refractivity contribution < 1.29 is 9.53 Å². The van der Waals surface area contributed by atoms with Crippen LogP contribution in [-0.4, -0.2) is 28.8 Å². The SMILES string of the molecule is CCC1OCCCC1C(=O)Nc1cc(C)c(C)nn1. The molecule has 104 valence electrons. The lowest BCUT2D eigenvalue weighted by Crippen LogP contribution is -2.38. The summed E-state index contributed by atoms with van der Waals surface area (Å²) >= 11 is 0. The standard InChI is InChI=1S/C14H21N3O2/c1-4-12-11(6-5-7-19-12)14(18)15-13-8-9(2)10(3)16-17-13/h8,11-12H,4-7H2,1-3H3,(H,15,17,18). The van der Waals surface area contributed by atoms with Gasteiger partial charge in [0, 0.05) is 6.61 Å². The number of carbonyl (C=O) groups is 1. The molecule has 1 fully saturated rings. The Bertz CT molecular complexity index is 462. The molecule has 0 spiro atoms. The summed E-state index contributed by atoms with van der Waals surface area (Å²) in [5.74, 6) is 0.430. The van der Waals surface area contributed by atoms with Crippen molar-refractivity contribution in [1.82, 2.24) is 10.2 Å². The highest BCUT2D eigenvalue weighted by Gasteiger charge is 2.30. The van der Waals surface area contributed by atoms with Gasteiger partial charge in [-0.05, 0) is 44.7 Å². The first-order chi connectivity index (χ1) is 9.11. The van der Waals surface area contributed by atoms with Crippen LogP contribution in [0.2, 0.25) is 0 Å². The highest BCUT2D eigenvalue weighted by molar-refractivity contribution is 5.92. The Labute approximate surface area is 113 Å². The molecule has 5 nitrogen and oxygen atoms in total. The molecule has 0 aromatic carbocycles. The predicted molar refractivity (Wildman–Crippen MR) is 72.9 cm³/mol. The fourth-order valence-electron chi connectivity index (χ4n) is 2.37.